The number of aliphatic hydroxyl groups excluding tert-OH is 1. The Balaban J connectivity index is 2.34. The zero-order valence-electron chi connectivity index (χ0n) is 6.17. The molecule has 0 aromatic heterocycles. The van der Waals surface area contributed by atoms with Crippen LogP contribution in [0.2, 0.25) is 0 Å². The van der Waals surface area contributed by atoms with E-state index in [9.17, 15) is 5.11 Å². The van der Waals surface area contributed by atoms with Crippen LogP contribution in [0.5, 0.6) is 0 Å². The Kier molecular flexibility index (Phi) is 2.09. The molecule has 1 N–H and O–H groups in total. The molecule has 1 saturated heterocycles. The molecule has 1 aliphatic rings. The molecular formula is C7H15NO. The maximum atomic E-state index is 9.21. The highest BCUT2D eigenvalue weighted by atomic mass is 16.3. The molecule has 2 heteroatoms. The van der Waals surface area contributed by atoms with E-state index in [0.717, 1.165) is 19.5 Å². The predicted molar refractivity (Wildman–Crippen MR) is 37.3 cm³/mol. The highest BCUT2D eigenvalue weighted by molar-refractivity contribution is 4.73. The fourth-order valence-electron chi connectivity index (χ4n) is 1.58. The van der Waals surface area contributed by atoms with Gasteiger partial charge in [0.05, 0.1) is 6.10 Å². The van der Waals surface area contributed by atoms with Crippen molar-refractivity contribution in [3.63, 3.8) is 0 Å². The van der Waals surface area contributed by atoms with Gasteiger partial charge in [0, 0.05) is 13.1 Å². The third kappa shape index (κ3) is 1.95. The number of hydrogen-bond acceptors (Lipinski definition) is 2. The van der Waals surface area contributed by atoms with Gasteiger partial charge in [-0.3, -0.25) is 0 Å². The third-order valence-electron chi connectivity index (χ3n) is 1.82. The summed E-state index contributed by atoms with van der Waals surface area (Å²) in [7, 11) is 2.05. The Morgan fingerprint density at radius 2 is 2.11 bits per heavy atom. The molecule has 0 aliphatic carbocycles. The van der Waals surface area contributed by atoms with Gasteiger partial charge in [-0.15, -0.1) is 0 Å². The molecule has 0 saturated carbocycles. The smallest absolute Gasteiger partial charge is 0.0670 e. The summed E-state index contributed by atoms with van der Waals surface area (Å²) in [6.45, 7) is 4.17. The van der Waals surface area contributed by atoms with Crippen molar-refractivity contribution in [1.82, 2.24) is 4.90 Å². The van der Waals surface area contributed by atoms with Crippen molar-refractivity contribution in [2.75, 3.05) is 20.1 Å². The van der Waals surface area contributed by atoms with E-state index >= 15 is 0 Å². The van der Waals surface area contributed by atoms with Gasteiger partial charge >= 0.3 is 0 Å². The van der Waals surface area contributed by atoms with Crippen molar-refractivity contribution >= 4 is 0 Å². The number of likely N-dealkylation sites (N-methyl/N-ethyl adjacent to an activating group) is 1. The lowest BCUT2D eigenvalue weighted by atomic mass is 9.99. The summed E-state index contributed by atoms with van der Waals surface area (Å²) in [5.41, 5.74) is 0. The second-order valence-corrected chi connectivity index (χ2v) is 3.22. The fraction of sp³-hybridized carbons (Fsp3) is 1.00. The van der Waals surface area contributed by atoms with Gasteiger partial charge in [0.2, 0.25) is 0 Å². The number of aliphatic hydroxyl groups is 1. The zero-order valence-corrected chi connectivity index (χ0v) is 6.17. The van der Waals surface area contributed by atoms with Crippen LogP contribution in [0.1, 0.15) is 13.3 Å². The molecule has 9 heavy (non-hydrogen) atoms. The van der Waals surface area contributed by atoms with Crippen LogP contribution in [0.25, 0.3) is 0 Å². The molecule has 54 valence electrons. The summed E-state index contributed by atoms with van der Waals surface area (Å²) in [4.78, 5) is 2.18. The van der Waals surface area contributed by atoms with E-state index in [1.54, 1.807) is 0 Å². The van der Waals surface area contributed by atoms with Crippen LogP contribution in [0.15, 0.2) is 0 Å². The van der Waals surface area contributed by atoms with Gasteiger partial charge in [0.1, 0.15) is 0 Å². The summed E-state index contributed by atoms with van der Waals surface area (Å²) >= 11 is 0. The van der Waals surface area contributed by atoms with E-state index in [0.29, 0.717) is 5.92 Å². The lowest BCUT2D eigenvalue weighted by molar-refractivity contribution is 0.0582. The quantitative estimate of drug-likeness (QED) is 0.509. The van der Waals surface area contributed by atoms with E-state index < -0.39 is 0 Å². The highest BCUT2D eigenvalue weighted by Gasteiger charge is 2.19. The Labute approximate surface area is 56.5 Å². The number of rotatable bonds is 0. The van der Waals surface area contributed by atoms with Crippen molar-refractivity contribution in [1.29, 1.82) is 0 Å². The Morgan fingerprint density at radius 1 is 1.44 bits per heavy atom. The van der Waals surface area contributed by atoms with Crippen LogP contribution in [0.4, 0.5) is 0 Å². The van der Waals surface area contributed by atoms with Crippen LogP contribution in [-0.2, 0) is 0 Å². The second-order valence-electron chi connectivity index (χ2n) is 3.22. The number of hydrogen-bond donors (Lipinski definition) is 1. The van der Waals surface area contributed by atoms with Gasteiger partial charge in [0.15, 0.2) is 0 Å². The van der Waals surface area contributed by atoms with Crippen molar-refractivity contribution < 1.29 is 5.11 Å². The lowest BCUT2D eigenvalue weighted by Gasteiger charge is -2.30. The first-order chi connectivity index (χ1) is 4.18. The van der Waals surface area contributed by atoms with E-state index in [2.05, 4.69) is 18.9 Å². The maximum Gasteiger partial charge on any atom is 0.0670 e. The molecule has 1 aliphatic heterocycles. The standard InChI is InChI=1S/C7H15NO/c1-6-3-7(9)5-8(2)4-6/h6-7,9H,3-5H2,1-2H3/t6?,7-/m1/s1. The minimum absolute atomic E-state index is 0.0845. The van der Waals surface area contributed by atoms with Crippen LogP contribution in [0, 0.1) is 5.92 Å². The normalized spacial score (nSPS) is 39.0. The number of β-amino-alcohol motifs (C(OH)–C–C–N with tert-alkyl or cyclic N) is 1. The first-order valence-corrected chi connectivity index (χ1v) is 3.55. The van der Waals surface area contributed by atoms with E-state index in [4.69, 9.17) is 0 Å². The Morgan fingerprint density at radius 3 is 2.56 bits per heavy atom. The second kappa shape index (κ2) is 2.67. The van der Waals surface area contributed by atoms with Crippen molar-refractivity contribution in [2.45, 2.75) is 19.4 Å². The molecule has 1 heterocycles. The van der Waals surface area contributed by atoms with Crippen LogP contribution >= 0.6 is 0 Å². The van der Waals surface area contributed by atoms with E-state index in [-0.39, 0.29) is 6.10 Å². The van der Waals surface area contributed by atoms with E-state index in [1.165, 1.54) is 0 Å². The molecular weight excluding hydrogens is 114 g/mol. The molecule has 2 atom stereocenters. The number of likely N-dealkylation sites (tertiary alicyclic amines) is 1. The van der Waals surface area contributed by atoms with Crippen LogP contribution in [0.3, 0.4) is 0 Å². The molecule has 0 aromatic carbocycles. The van der Waals surface area contributed by atoms with Crippen LogP contribution in [-0.4, -0.2) is 36.2 Å². The SMILES string of the molecule is CC1C[C@@H](O)CN(C)C1. The lowest BCUT2D eigenvalue weighted by Crippen LogP contribution is -2.39. The first-order valence-electron chi connectivity index (χ1n) is 3.55. The molecule has 0 spiro atoms. The van der Waals surface area contributed by atoms with Gasteiger partial charge in [-0.2, -0.15) is 0 Å². The van der Waals surface area contributed by atoms with Crippen LogP contribution < -0.4 is 0 Å². The zero-order chi connectivity index (χ0) is 6.85. The largest absolute Gasteiger partial charge is 0.392 e. The van der Waals surface area contributed by atoms with Crippen molar-refractivity contribution in [2.24, 2.45) is 5.92 Å². The monoisotopic (exact) mass is 129 g/mol. The van der Waals surface area contributed by atoms with E-state index in [1.807, 2.05) is 0 Å². The number of piperidine rings is 1. The fourth-order valence-corrected chi connectivity index (χ4v) is 1.58. The van der Waals surface area contributed by atoms with Crippen molar-refractivity contribution in [3.8, 4) is 0 Å². The third-order valence-corrected chi connectivity index (χ3v) is 1.82. The molecule has 0 aromatic rings. The predicted octanol–water partition coefficient (Wildman–Crippen LogP) is 0.319. The molecule has 0 radical (unpaired) electrons. The summed E-state index contributed by atoms with van der Waals surface area (Å²) in [6.07, 6.45) is 0.892. The first kappa shape index (κ1) is 7.03. The topological polar surface area (TPSA) is 23.5 Å². The van der Waals surface area contributed by atoms with Gasteiger partial charge < -0.3 is 10.0 Å². The molecule has 0 bridgehead atoms. The summed E-state index contributed by atoms with van der Waals surface area (Å²) in [5.74, 6) is 0.666. The summed E-state index contributed by atoms with van der Waals surface area (Å²) in [6, 6.07) is 0. The van der Waals surface area contributed by atoms with Gasteiger partial charge in [-0.1, -0.05) is 6.92 Å². The molecule has 1 unspecified atom stereocenters. The summed E-state index contributed by atoms with van der Waals surface area (Å²) < 4.78 is 0. The average molecular weight is 129 g/mol. The number of nitrogens with zero attached hydrogens (tertiary/aromatic N) is 1. The minimum atomic E-state index is -0.0845. The maximum absolute atomic E-state index is 9.21. The average Bonchev–Trinajstić information content (AvgIpc) is 1.59. The van der Waals surface area contributed by atoms with Gasteiger partial charge in [-0.25, -0.2) is 0 Å². The van der Waals surface area contributed by atoms with Gasteiger partial charge in [0.25, 0.3) is 0 Å². The molecule has 0 amide bonds. The molecule has 1 rings (SSSR count). The van der Waals surface area contributed by atoms with Crippen molar-refractivity contribution in [3.05, 3.63) is 0 Å². The summed E-state index contributed by atoms with van der Waals surface area (Å²) in [5, 5.41) is 9.21. The highest BCUT2D eigenvalue weighted by Crippen LogP contribution is 2.13. The Hall–Kier alpha value is -0.0800. The Bertz CT molecular complexity index is 69.9. The molecule has 1 fully saturated rings. The van der Waals surface area contributed by atoms with Gasteiger partial charge in [-0.05, 0) is 19.4 Å². The molecule has 2 nitrogen and oxygen atoms in total. The minimum Gasteiger partial charge on any atom is -0.392 e.